The average Bonchev–Trinajstić information content (AvgIpc) is 2.67. The summed E-state index contributed by atoms with van der Waals surface area (Å²) in [6, 6.07) is 9.68. The maximum Gasteiger partial charge on any atom is 0.222 e. The predicted octanol–water partition coefficient (Wildman–Crippen LogP) is 3.78. The van der Waals surface area contributed by atoms with Crippen LogP contribution in [0.25, 0.3) is 0 Å². The first-order chi connectivity index (χ1) is 10.4. The third-order valence-electron chi connectivity index (χ3n) is 4.89. The molecule has 0 bridgehead atoms. The van der Waals surface area contributed by atoms with E-state index in [2.05, 4.69) is 20.8 Å². The Morgan fingerprint density at radius 3 is 2.55 bits per heavy atom. The molecule has 1 amide bonds. The number of benzene rings is 1. The molecule has 1 saturated heterocycles. The van der Waals surface area contributed by atoms with Gasteiger partial charge in [-0.25, -0.2) is 0 Å². The summed E-state index contributed by atoms with van der Waals surface area (Å²) in [5, 5.41) is 10.3. The second-order valence-electron chi connectivity index (χ2n) is 7.49. The Bertz CT molecular complexity index is 478. The number of amides is 1. The molecule has 122 valence electrons. The first kappa shape index (κ1) is 17.0. The molecule has 1 aliphatic rings. The van der Waals surface area contributed by atoms with Gasteiger partial charge >= 0.3 is 0 Å². The largest absolute Gasteiger partial charge is 0.388 e. The maximum absolute atomic E-state index is 12.3. The third-order valence-corrected chi connectivity index (χ3v) is 4.89. The van der Waals surface area contributed by atoms with Crippen LogP contribution < -0.4 is 0 Å². The number of nitrogens with zero attached hydrogens (tertiary/aromatic N) is 1. The van der Waals surface area contributed by atoms with Gasteiger partial charge in [0, 0.05) is 19.5 Å². The highest BCUT2D eigenvalue weighted by Gasteiger charge is 2.29. The van der Waals surface area contributed by atoms with Gasteiger partial charge in [0.2, 0.25) is 5.91 Å². The van der Waals surface area contributed by atoms with Crippen molar-refractivity contribution >= 4 is 5.91 Å². The van der Waals surface area contributed by atoms with Crippen molar-refractivity contribution in [1.29, 1.82) is 0 Å². The van der Waals surface area contributed by atoms with Crippen LogP contribution in [0.15, 0.2) is 30.3 Å². The van der Waals surface area contributed by atoms with E-state index in [4.69, 9.17) is 0 Å². The minimum atomic E-state index is -0.490. The van der Waals surface area contributed by atoms with Gasteiger partial charge < -0.3 is 10.0 Å². The number of carbonyl (C=O) groups excluding carboxylic acids is 1. The van der Waals surface area contributed by atoms with Crippen LogP contribution >= 0.6 is 0 Å². The Morgan fingerprint density at radius 2 is 1.91 bits per heavy atom. The average molecular weight is 303 g/mol. The minimum absolute atomic E-state index is 0.243. The molecule has 22 heavy (non-hydrogen) atoms. The van der Waals surface area contributed by atoms with Crippen molar-refractivity contribution in [3.05, 3.63) is 35.9 Å². The van der Waals surface area contributed by atoms with Gasteiger partial charge in [-0.3, -0.25) is 4.79 Å². The van der Waals surface area contributed by atoms with E-state index in [-0.39, 0.29) is 11.3 Å². The Labute approximate surface area is 134 Å². The fourth-order valence-electron chi connectivity index (χ4n) is 3.26. The number of hydrogen-bond acceptors (Lipinski definition) is 2. The second kappa shape index (κ2) is 7.28. The smallest absolute Gasteiger partial charge is 0.222 e. The zero-order chi connectivity index (χ0) is 16.2. The van der Waals surface area contributed by atoms with Crippen LogP contribution in [0, 0.1) is 11.3 Å². The van der Waals surface area contributed by atoms with E-state index in [0.717, 1.165) is 24.9 Å². The highest BCUT2D eigenvalue weighted by molar-refractivity contribution is 5.76. The van der Waals surface area contributed by atoms with Crippen molar-refractivity contribution in [3.8, 4) is 0 Å². The van der Waals surface area contributed by atoms with Crippen molar-refractivity contribution in [2.24, 2.45) is 11.3 Å². The van der Waals surface area contributed by atoms with E-state index in [1.807, 2.05) is 35.2 Å². The Morgan fingerprint density at radius 1 is 1.23 bits per heavy atom. The quantitative estimate of drug-likeness (QED) is 0.919. The van der Waals surface area contributed by atoms with Gasteiger partial charge in [-0.1, -0.05) is 51.1 Å². The standard InChI is InChI=1S/C19H29NO2/c1-19(2,3)16-9-10-18(22)20(13-11-16)14-12-17(21)15-7-5-4-6-8-15/h4-8,16-17,21H,9-14H2,1-3H3/t16-,17-/m1/s1. The predicted molar refractivity (Wildman–Crippen MR) is 89.4 cm³/mol. The summed E-state index contributed by atoms with van der Waals surface area (Å²) in [5.41, 5.74) is 1.19. The molecule has 1 aromatic carbocycles. The van der Waals surface area contributed by atoms with Crippen molar-refractivity contribution in [1.82, 2.24) is 4.90 Å². The van der Waals surface area contributed by atoms with Crippen molar-refractivity contribution in [3.63, 3.8) is 0 Å². The molecule has 0 saturated carbocycles. The summed E-state index contributed by atoms with van der Waals surface area (Å²) < 4.78 is 0. The second-order valence-corrected chi connectivity index (χ2v) is 7.49. The lowest BCUT2D eigenvalue weighted by atomic mass is 9.77. The number of carbonyl (C=O) groups is 1. The zero-order valence-corrected chi connectivity index (χ0v) is 14.1. The van der Waals surface area contributed by atoms with Crippen LogP contribution in [0.3, 0.4) is 0 Å². The molecule has 1 heterocycles. The molecule has 0 radical (unpaired) electrons. The highest BCUT2D eigenvalue weighted by Crippen LogP contribution is 2.34. The molecule has 2 atom stereocenters. The minimum Gasteiger partial charge on any atom is -0.388 e. The molecule has 0 unspecified atom stereocenters. The fourth-order valence-corrected chi connectivity index (χ4v) is 3.26. The number of rotatable bonds is 4. The lowest BCUT2D eigenvalue weighted by molar-refractivity contribution is -0.131. The Hall–Kier alpha value is -1.35. The normalized spacial score (nSPS) is 21.5. The van der Waals surface area contributed by atoms with Gasteiger partial charge in [-0.15, -0.1) is 0 Å². The van der Waals surface area contributed by atoms with Crippen LogP contribution in [-0.2, 0) is 4.79 Å². The fraction of sp³-hybridized carbons (Fsp3) is 0.632. The molecular weight excluding hydrogens is 274 g/mol. The molecular formula is C19H29NO2. The van der Waals surface area contributed by atoms with E-state index >= 15 is 0 Å². The van der Waals surface area contributed by atoms with E-state index < -0.39 is 6.10 Å². The number of likely N-dealkylation sites (tertiary alicyclic amines) is 1. The number of hydrogen-bond donors (Lipinski definition) is 1. The van der Waals surface area contributed by atoms with Crippen LogP contribution in [0.1, 0.15) is 58.1 Å². The van der Waals surface area contributed by atoms with Gasteiger partial charge in [0.25, 0.3) is 0 Å². The van der Waals surface area contributed by atoms with E-state index in [1.54, 1.807) is 0 Å². The number of aliphatic hydroxyl groups excluding tert-OH is 1. The molecule has 1 N–H and O–H groups in total. The van der Waals surface area contributed by atoms with Gasteiger partial charge in [0.05, 0.1) is 6.10 Å². The topological polar surface area (TPSA) is 40.5 Å². The van der Waals surface area contributed by atoms with E-state index in [0.29, 0.717) is 25.3 Å². The lowest BCUT2D eigenvalue weighted by Gasteiger charge is -2.29. The summed E-state index contributed by atoms with van der Waals surface area (Å²) in [6.07, 6.45) is 2.81. The monoisotopic (exact) mass is 303 g/mol. The molecule has 3 nitrogen and oxygen atoms in total. The van der Waals surface area contributed by atoms with Gasteiger partial charge in [0.15, 0.2) is 0 Å². The van der Waals surface area contributed by atoms with E-state index in [1.165, 1.54) is 0 Å². The van der Waals surface area contributed by atoms with Crippen molar-refractivity contribution in [2.45, 2.75) is 52.6 Å². The first-order valence-electron chi connectivity index (χ1n) is 8.38. The number of aliphatic hydroxyl groups is 1. The molecule has 3 heteroatoms. The molecule has 0 aromatic heterocycles. The summed E-state index contributed by atoms with van der Waals surface area (Å²) in [7, 11) is 0. The van der Waals surface area contributed by atoms with Crippen LogP contribution in [0.4, 0.5) is 0 Å². The van der Waals surface area contributed by atoms with Crippen LogP contribution in [0.5, 0.6) is 0 Å². The molecule has 1 fully saturated rings. The summed E-state index contributed by atoms with van der Waals surface area (Å²) in [5.74, 6) is 0.840. The van der Waals surface area contributed by atoms with Crippen LogP contribution in [0.2, 0.25) is 0 Å². The highest BCUT2D eigenvalue weighted by atomic mass is 16.3. The maximum atomic E-state index is 12.3. The SMILES string of the molecule is CC(C)(C)[C@@H]1CCC(=O)N(CC[C@@H](O)c2ccccc2)CC1. The molecule has 0 spiro atoms. The van der Waals surface area contributed by atoms with Gasteiger partial charge in [-0.2, -0.15) is 0 Å². The Balaban J connectivity index is 1.88. The van der Waals surface area contributed by atoms with Crippen molar-refractivity contribution in [2.75, 3.05) is 13.1 Å². The van der Waals surface area contributed by atoms with Gasteiger partial charge in [-0.05, 0) is 36.2 Å². The summed E-state index contributed by atoms with van der Waals surface area (Å²) in [6.45, 7) is 8.25. The van der Waals surface area contributed by atoms with E-state index in [9.17, 15) is 9.90 Å². The zero-order valence-electron chi connectivity index (χ0n) is 14.1. The molecule has 1 aliphatic heterocycles. The van der Waals surface area contributed by atoms with Gasteiger partial charge in [0.1, 0.15) is 0 Å². The molecule has 0 aliphatic carbocycles. The summed E-state index contributed by atoms with van der Waals surface area (Å²) in [4.78, 5) is 14.2. The molecule has 2 rings (SSSR count). The van der Waals surface area contributed by atoms with Crippen LogP contribution in [-0.4, -0.2) is 29.0 Å². The first-order valence-corrected chi connectivity index (χ1v) is 8.38. The third kappa shape index (κ3) is 4.57. The Kier molecular flexibility index (Phi) is 5.63. The molecule has 1 aromatic rings. The van der Waals surface area contributed by atoms with Crippen molar-refractivity contribution < 1.29 is 9.90 Å². The lowest BCUT2D eigenvalue weighted by Crippen LogP contribution is -2.32. The summed E-state index contributed by atoms with van der Waals surface area (Å²) >= 11 is 0.